The monoisotopic (exact) mass is 486 g/mol. The number of amides is 1. The second-order valence-electron chi connectivity index (χ2n) is 9.02. The summed E-state index contributed by atoms with van der Waals surface area (Å²) in [5, 5.41) is 9.80. The van der Waals surface area contributed by atoms with Gasteiger partial charge in [-0.3, -0.25) is 19.1 Å². The van der Waals surface area contributed by atoms with Crippen LogP contribution in [0, 0.1) is 24.2 Å². The van der Waals surface area contributed by atoms with Gasteiger partial charge in [0, 0.05) is 31.7 Å². The lowest BCUT2D eigenvalue weighted by atomic mass is 9.97. The zero-order valence-corrected chi connectivity index (χ0v) is 21.8. The van der Waals surface area contributed by atoms with Crippen molar-refractivity contribution >= 4 is 46.1 Å². The number of hydrogen-bond donors (Lipinski definition) is 0. The van der Waals surface area contributed by atoms with Crippen molar-refractivity contribution in [1.82, 2.24) is 9.47 Å². The highest BCUT2D eigenvalue weighted by Gasteiger charge is 2.33. The molecule has 3 rings (SSSR count). The Hall–Kier alpha value is -2.11. The van der Waals surface area contributed by atoms with Crippen molar-refractivity contribution in [3.8, 4) is 6.07 Å². The Balaban J connectivity index is 2.18. The van der Waals surface area contributed by atoms with Gasteiger partial charge in [0.15, 0.2) is 0 Å². The standard InChI is InChI=1S/C25H34N4O2S2/c1-5-7-11-28-22(27-13-9-17(3)10-14-27)19(18(4)20(16-26)23(28)30)15-21-24(31)29(12-8-6-2)25(32)33-21/h15,17H,5-14H2,1-4H3. The zero-order valence-electron chi connectivity index (χ0n) is 20.1. The number of unbranched alkanes of at least 4 members (excludes halogenated alkanes) is 2. The fourth-order valence-corrected chi connectivity index (χ4v) is 5.66. The minimum atomic E-state index is -0.232. The van der Waals surface area contributed by atoms with Gasteiger partial charge in [-0.2, -0.15) is 5.26 Å². The summed E-state index contributed by atoms with van der Waals surface area (Å²) in [6.45, 7) is 11.2. The molecule has 0 aromatic carbocycles. The molecule has 0 N–H and O–H groups in total. The van der Waals surface area contributed by atoms with Crippen LogP contribution >= 0.6 is 24.0 Å². The largest absolute Gasteiger partial charge is 0.357 e. The Morgan fingerprint density at radius 2 is 1.79 bits per heavy atom. The Morgan fingerprint density at radius 3 is 2.39 bits per heavy atom. The minimum Gasteiger partial charge on any atom is -0.357 e. The summed E-state index contributed by atoms with van der Waals surface area (Å²) < 4.78 is 2.35. The van der Waals surface area contributed by atoms with Crippen LogP contribution < -0.4 is 10.5 Å². The molecule has 1 amide bonds. The highest BCUT2D eigenvalue weighted by atomic mass is 32.2. The second kappa shape index (κ2) is 11.3. The Kier molecular flexibility index (Phi) is 8.77. The normalized spacial score (nSPS) is 18.5. The van der Waals surface area contributed by atoms with Crippen molar-refractivity contribution in [2.24, 2.45) is 5.92 Å². The molecule has 2 fully saturated rings. The molecule has 0 spiro atoms. The van der Waals surface area contributed by atoms with E-state index in [-0.39, 0.29) is 17.0 Å². The molecule has 2 aliphatic rings. The number of nitriles is 1. The molecule has 1 aromatic rings. The summed E-state index contributed by atoms with van der Waals surface area (Å²) in [5.41, 5.74) is 1.37. The number of anilines is 1. The van der Waals surface area contributed by atoms with Crippen LogP contribution in [0.3, 0.4) is 0 Å². The average molecular weight is 487 g/mol. The van der Waals surface area contributed by atoms with Crippen LogP contribution in [0.25, 0.3) is 6.08 Å². The smallest absolute Gasteiger partial charge is 0.270 e. The number of carbonyl (C=O) groups is 1. The maximum absolute atomic E-state index is 13.3. The predicted molar refractivity (Wildman–Crippen MR) is 140 cm³/mol. The van der Waals surface area contributed by atoms with Crippen molar-refractivity contribution in [1.29, 1.82) is 5.26 Å². The average Bonchev–Trinajstić information content (AvgIpc) is 3.06. The molecule has 0 aliphatic carbocycles. The van der Waals surface area contributed by atoms with E-state index in [2.05, 4.69) is 31.7 Å². The number of hydrogen-bond acceptors (Lipinski definition) is 6. The minimum absolute atomic E-state index is 0.0825. The number of thiocarbonyl (C=S) groups is 1. The first kappa shape index (κ1) is 25.5. The molecular formula is C25H34N4O2S2. The summed E-state index contributed by atoms with van der Waals surface area (Å²) in [7, 11) is 0. The number of nitrogens with zero attached hydrogens (tertiary/aromatic N) is 4. The second-order valence-corrected chi connectivity index (χ2v) is 10.7. The van der Waals surface area contributed by atoms with Crippen LogP contribution in [0.5, 0.6) is 0 Å². The Bertz CT molecular complexity index is 1050. The molecule has 3 heterocycles. The first-order valence-electron chi connectivity index (χ1n) is 12.0. The summed E-state index contributed by atoms with van der Waals surface area (Å²) in [4.78, 5) is 31.0. The number of piperidine rings is 1. The Labute approximate surface area is 206 Å². The van der Waals surface area contributed by atoms with Crippen molar-refractivity contribution in [2.75, 3.05) is 24.5 Å². The van der Waals surface area contributed by atoms with Crippen LogP contribution in [0.4, 0.5) is 5.82 Å². The third-order valence-electron chi connectivity index (χ3n) is 6.55. The number of aromatic nitrogens is 1. The van der Waals surface area contributed by atoms with Gasteiger partial charge < -0.3 is 4.90 Å². The fraction of sp³-hybridized carbons (Fsp3) is 0.600. The summed E-state index contributed by atoms with van der Waals surface area (Å²) >= 11 is 6.80. The molecule has 0 atom stereocenters. The van der Waals surface area contributed by atoms with Crippen molar-refractivity contribution in [2.45, 2.75) is 72.8 Å². The van der Waals surface area contributed by atoms with Gasteiger partial charge in [-0.25, -0.2) is 0 Å². The molecule has 0 radical (unpaired) electrons. The maximum Gasteiger partial charge on any atom is 0.270 e. The third-order valence-corrected chi connectivity index (χ3v) is 7.93. The first-order valence-corrected chi connectivity index (χ1v) is 13.2. The van der Waals surface area contributed by atoms with Crippen molar-refractivity contribution < 1.29 is 4.79 Å². The van der Waals surface area contributed by atoms with E-state index < -0.39 is 0 Å². The topological polar surface area (TPSA) is 69.3 Å². The van der Waals surface area contributed by atoms with Crippen LogP contribution in [0.1, 0.15) is 76.0 Å². The summed E-state index contributed by atoms with van der Waals surface area (Å²) in [6, 6.07) is 2.13. The van der Waals surface area contributed by atoms with E-state index in [0.29, 0.717) is 33.8 Å². The molecular weight excluding hydrogens is 452 g/mol. The third kappa shape index (κ3) is 5.36. The van der Waals surface area contributed by atoms with E-state index in [0.717, 1.165) is 63.0 Å². The SMILES string of the molecule is CCCCN1C(=O)C(=Cc2c(C)c(C#N)c(=O)n(CCCC)c2N2CCC(C)CC2)SC1=S. The molecule has 0 unspecified atom stereocenters. The van der Waals surface area contributed by atoms with Gasteiger partial charge in [0.05, 0.1) is 4.91 Å². The molecule has 2 aliphatic heterocycles. The van der Waals surface area contributed by atoms with E-state index in [1.165, 1.54) is 11.8 Å². The maximum atomic E-state index is 13.3. The molecule has 178 valence electrons. The number of rotatable bonds is 8. The van der Waals surface area contributed by atoms with Crippen molar-refractivity contribution in [3.05, 3.63) is 31.9 Å². The summed E-state index contributed by atoms with van der Waals surface area (Å²) in [5.74, 6) is 1.41. The van der Waals surface area contributed by atoms with Gasteiger partial charge in [-0.15, -0.1) is 0 Å². The molecule has 0 saturated carbocycles. The number of carbonyl (C=O) groups excluding carboxylic acids is 1. The predicted octanol–water partition coefficient (Wildman–Crippen LogP) is 5.07. The van der Waals surface area contributed by atoms with E-state index in [1.807, 2.05) is 13.0 Å². The van der Waals surface area contributed by atoms with E-state index >= 15 is 0 Å². The van der Waals surface area contributed by atoms with Crippen LogP contribution in [0.15, 0.2) is 9.70 Å². The Morgan fingerprint density at radius 1 is 1.15 bits per heavy atom. The van der Waals surface area contributed by atoms with Gasteiger partial charge in [0.1, 0.15) is 21.8 Å². The van der Waals surface area contributed by atoms with Gasteiger partial charge in [-0.05, 0) is 50.2 Å². The number of thioether (sulfide) groups is 1. The van der Waals surface area contributed by atoms with Gasteiger partial charge >= 0.3 is 0 Å². The zero-order chi connectivity index (χ0) is 24.1. The highest BCUT2D eigenvalue weighted by molar-refractivity contribution is 8.26. The quantitative estimate of drug-likeness (QED) is 0.378. The van der Waals surface area contributed by atoms with Crippen molar-refractivity contribution in [3.63, 3.8) is 0 Å². The van der Waals surface area contributed by atoms with Gasteiger partial charge in [0.25, 0.3) is 11.5 Å². The molecule has 33 heavy (non-hydrogen) atoms. The van der Waals surface area contributed by atoms with Crippen LogP contribution in [-0.4, -0.2) is 39.3 Å². The van der Waals surface area contributed by atoms with Crippen LogP contribution in [-0.2, 0) is 11.3 Å². The van der Waals surface area contributed by atoms with Crippen LogP contribution in [0.2, 0.25) is 0 Å². The molecule has 0 bridgehead atoms. The van der Waals surface area contributed by atoms with E-state index in [1.54, 1.807) is 9.47 Å². The fourth-order valence-electron chi connectivity index (χ4n) is 4.37. The molecule has 1 aromatic heterocycles. The van der Waals surface area contributed by atoms with E-state index in [4.69, 9.17) is 12.2 Å². The molecule has 2 saturated heterocycles. The molecule has 6 nitrogen and oxygen atoms in total. The molecule has 8 heteroatoms. The van der Waals surface area contributed by atoms with Gasteiger partial charge in [0.2, 0.25) is 0 Å². The lowest BCUT2D eigenvalue weighted by Gasteiger charge is -2.35. The lowest BCUT2D eigenvalue weighted by molar-refractivity contribution is -0.122. The summed E-state index contributed by atoms with van der Waals surface area (Å²) in [6.07, 6.45) is 7.67. The van der Waals surface area contributed by atoms with Gasteiger partial charge in [-0.1, -0.05) is 57.6 Å². The highest BCUT2D eigenvalue weighted by Crippen LogP contribution is 2.37. The first-order chi connectivity index (χ1) is 15.8. The number of pyridine rings is 1. The van der Waals surface area contributed by atoms with E-state index in [9.17, 15) is 14.9 Å². The lowest BCUT2D eigenvalue weighted by Crippen LogP contribution is -2.39.